The molecule has 0 aliphatic heterocycles. The first-order valence-electron chi connectivity index (χ1n) is 7.40. The molecule has 0 spiro atoms. The molecule has 2 heterocycles. The molecule has 24 heavy (non-hydrogen) atoms. The molecule has 4 rings (SSSR count). The summed E-state index contributed by atoms with van der Waals surface area (Å²) in [5.74, 6) is 1.32. The van der Waals surface area contributed by atoms with Crippen LogP contribution in [0.4, 0.5) is 0 Å². The van der Waals surface area contributed by atoms with Gasteiger partial charge in [-0.2, -0.15) is 5.10 Å². The van der Waals surface area contributed by atoms with Gasteiger partial charge in [0, 0.05) is 38.2 Å². The Hall–Kier alpha value is -2.30. The van der Waals surface area contributed by atoms with Gasteiger partial charge in [0.25, 0.3) is 0 Å². The summed E-state index contributed by atoms with van der Waals surface area (Å²) in [5, 5.41) is 8.40. The molecule has 0 fully saturated rings. The number of aromatic nitrogens is 4. The van der Waals surface area contributed by atoms with Crippen LogP contribution in [0.3, 0.4) is 0 Å². The van der Waals surface area contributed by atoms with Crippen LogP contribution in [0.5, 0.6) is 0 Å². The monoisotopic (exact) mass is 496 g/mol. The van der Waals surface area contributed by atoms with Crippen molar-refractivity contribution in [3.8, 4) is 17.1 Å². The summed E-state index contributed by atoms with van der Waals surface area (Å²) in [6.45, 7) is 5.99. The van der Waals surface area contributed by atoms with Gasteiger partial charge >= 0.3 is 0 Å². The van der Waals surface area contributed by atoms with Crippen LogP contribution >= 0.6 is 0 Å². The second-order valence-corrected chi connectivity index (χ2v) is 5.56. The maximum absolute atomic E-state index is 5.75. The minimum Gasteiger partial charge on any atom is -0.488 e. The number of hydrogen-bond acceptors (Lipinski definition) is 4. The molecule has 1 radical (unpaired) electrons. The molecule has 0 saturated carbocycles. The van der Waals surface area contributed by atoms with E-state index in [1.807, 2.05) is 29.7 Å². The molecule has 123 valence electrons. The first kappa shape index (κ1) is 16.6. The summed E-state index contributed by atoms with van der Waals surface area (Å²) in [4.78, 5) is 4.38. The number of para-hydroxylation sites is 1. The Labute approximate surface area is 153 Å². The smallest absolute Gasteiger partial charge is 0.180 e. The van der Waals surface area contributed by atoms with Crippen molar-refractivity contribution < 1.29 is 24.5 Å². The van der Waals surface area contributed by atoms with Crippen molar-refractivity contribution in [3.63, 3.8) is 0 Å². The SMILES string of the molecule is Cc1nc2cc[c-]c(-c3nncn3-c3c(C)cccc3C)c2o1.[Ir]. The first-order chi connectivity index (χ1) is 11.1. The van der Waals surface area contributed by atoms with E-state index in [1.165, 1.54) is 0 Å². The van der Waals surface area contributed by atoms with E-state index in [2.05, 4.69) is 47.2 Å². The van der Waals surface area contributed by atoms with Crippen molar-refractivity contribution in [1.82, 2.24) is 19.7 Å². The number of oxazole rings is 1. The molecule has 2 aromatic carbocycles. The van der Waals surface area contributed by atoms with Gasteiger partial charge in [0.1, 0.15) is 6.33 Å². The van der Waals surface area contributed by atoms with Crippen molar-refractivity contribution in [2.75, 3.05) is 0 Å². The number of nitrogens with zero attached hydrogens (tertiary/aromatic N) is 4. The van der Waals surface area contributed by atoms with Crippen molar-refractivity contribution in [2.45, 2.75) is 20.8 Å². The Kier molecular flexibility index (Phi) is 4.35. The third kappa shape index (κ3) is 2.58. The molecule has 4 aromatic rings. The Morgan fingerprint density at radius 1 is 1.08 bits per heavy atom. The molecule has 0 bridgehead atoms. The molecule has 0 saturated heterocycles. The van der Waals surface area contributed by atoms with Gasteiger partial charge in [-0.25, -0.2) is 4.98 Å². The summed E-state index contributed by atoms with van der Waals surface area (Å²) in [5.41, 5.74) is 5.65. The van der Waals surface area contributed by atoms with Crippen LogP contribution in [0, 0.1) is 26.8 Å². The molecule has 5 nitrogen and oxygen atoms in total. The second kappa shape index (κ2) is 6.30. The number of benzene rings is 2. The van der Waals surface area contributed by atoms with Crippen molar-refractivity contribution in [1.29, 1.82) is 0 Å². The zero-order valence-corrected chi connectivity index (χ0v) is 15.9. The topological polar surface area (TPSA) is 56.7 Å². The summed E-state index contributed by atoms with van der Waals surface area (Å²) in [6.07, 6.45) is 1.72. The molecule has 0 atom stereocenters. The predicted octanol–water partition coefficient (Wildman–Crippen LogP) is 3.80. The van der Waals surface area contributed by atoms with E-state index in [0.717, 1.165) is 27.9 Å². The Morgan fingerprint density at radius 3 is 2.58 bits per heavy atom. The Bertz CT molecular complexity index is 999. The van der Waals surface area contributed by atoms with Crippen LogP contribution in [0.2, 0.25) is 0 Å². The minimum atomic E-state index is 0. The molecule has 6 heteroatoms. The van der Waals surface area contributed by atoms with Gasteiger partial charge in [-0.05, 0) is 25.0 Å². The van der Waals surface area contributed by atoms with Crippen molar-refractivity contribution in [3.05, 3.63) is 59.7 Å². The molecule has 0 amide bonds. The fraction of sp³-hybridized carbons (Fsp3) is 0.167. The standard InChI is InChI=1S/C18H15N4O.Ir/c1-11-6-4-7-12(2)16(11)22-10-19-21-18(22)14-8-5-9-15-17(14)23-13(3)20-15;/h4-7,9-10H,1-3H3;/q-1;. The van der Waals surface area contributed by atoms with E-state index in [1.54, 1.807) is 6.33 Å². The Morgan fingerprint density at radius 2 is 1.83 bits per heavy atom. The van der Waals surface area contributed by atoms with Crippen molar-refractivity contribution in [2.24, 2.45) is 0 Å². The molecule has 0 aliphatic carbocycles. The zero-order valence-electron chi connectivity index (χ0n) is 13.5. The van der Waals surface area contributed by atoms with Crippen LogP contribution in [0.25, 0.3) is 28.2 Å². The summed E-state index contributed by atoms with van der Waals surface area (Å²) < 4.78 is 7.73. The fourth-order valence-electron chi connectivity index (χ4n) is 2.93. The number of aryl methyl sites for hydroxylation is 3. The van der Waals surface area contributed by atoms with E-state index >= 15 is 0 Å². The fourth-order valence-corrected chi connectivity index (χ4v) is 2.93. The number of hydrogen-bond donors (Lipinski definition) is 0. The summed E-state index contributed by atoms with van der Waals surface area (Å²) >= 11 is 0. The maximum atomic E-state index is 5.75. The zero-order chi connectivity index (χ0) is 16.0. The number of fused-ring (bicyclic) bond motifs is 1. The van der Waals surface area contributed by atoms with Gasteiger partial charge in [-0.3, -0.25) is 0 Å². The van der Waals surface area contributed by atoms with Crippen molar-refractivity contribution >= 4 is 11.1 Å². The predicted molar refractivity (Wildman–Crippen MR) is 87.4 cm³/mol. The first-order valence-corrected chi connectivity index (χ1v) is 7.40. The average Bonchev–Trinajstić information content (AvgIpc) is 3.12. The second-order valence-electron chi connectivity index (χ2n) is 5.56. The molecular weight excluding hydrogens is 480 g/mol. The molecular formula is C18H15IrN4O-. The normalized spacial score (nSPS) is 10.8. The summed E-state index contributed by atoms with van der Waals surface area (Å²) in [7, 11) is 0. The van der Waals surface area contributed by atoms with Crippen LogP contribution < -0.4 is 0 Å². The van der Waals surface area contributed by atoms with Crippen LogP contribution in [-0.2, 0) is 20.1 Å². The van der Waals surface area contributed by atoms with E-state index in [-0.39, 0.29) is 20.1 Å². The molecule has 0 N–H and O–H groups in total. The van der Waals surface area contributed by atoms with E-state index in [9.17, 15) is 0 Å². The molecule has 0 aliphatic rings. The molecule has 2 aromatic heterocycles. The van der Waals surface area contributed by atoms with Gasteiger partial charge in [0.05, 0.1) is 11.4 Å². The summed E-state index contributed by atoms with van der Waals surface area (Å²) in [6, 6.07) is 13.1. The van der Waals surface area contributed by atoms with E-state index in [0.29, 0.717) is 17.3 Å². The van der Waals surface area contributed by atoms with Gasteiger partial charge < -0.3 is 8.98 Å². The average molecular weight is 496 g/mol. The molecule has 0 unspecified atom stereocenters. The van der Waals surface area contributed by atoms with Gasteiger partial charge in [0.2, 0.25) is 0 Å². The Balaban J connectivity index is 0.00000169. The van der Waals surface area contributed by atoms with Gasteiger partial charge in [0.15, 0.2) is 5.89 Å². The van der Waals surface area contributed by atoms with E-state index in [4.69, 9.17) is 4.42 Å². The number of rotatable bonds is 2. The van der Waals surface area contributed by atoms with Crippen LogP contribution in [-0.4, -0.2) is 19.7 Å². The van der Waals surface area contributed by atoms with Crippen LogP contribution in [0.1, 0.15) is 17.0 Å². The van der Waals surface area contributed by atoms with E-state index < -0.39 is 0 Å². The third-order valence-electron chi connectivity index (χ3n) is 3.91. The van der Waals surface area contributed by atoms with Crippen LogP contribution in [0.15, 0.2) is 41.1 Å². The maximum Gasteiger partial charge on any atom is 0.180 e. The third-order valence-corrected chi connectivity index (χ3v) is 3.91. The largest absolute Gasteiger partial charge is 0.488 e. The minimum absolute atomic E-state index is 0. The van der Waals surface area contributed by atoms with Gasteiger partial charge in [-0.15, -0.1) is 23.3 Å². The quantitative estimate of drug-likeness (QED) is 0.397. The van der Waals surface area contributed by atoms with Gasteiger partial charge in [-0.1, -0.05) is 23.8 Å².